The first-order chi connectivity index (χ1) is 9.64. The number of nitrogens with zero attached hydrogens (tertiary/aromatic N) is 1. The highest BCUT2D eigenvalue weighted by molar-refractivity contribution is 6.31. The third-order valence-corrected chi connectivity index (χ3v) is 3.36. The van der Waals surface area contributed by atoms with Crippen molar-refractivity contribution in [3.05, 3.63) is 23.0 Å². The van der Waals surface area contributed by atoms with Crippen molar-refractivity contribution in [2.75, 3.05) is 6.54 Å². The standard InChI is InChI=1S/C15H23ClN2O3/c1-5-18-9-11(16)6-12(18)13(19)17-8-10(14(20)21)7-15(2,3)4/h6,9-10H,5,7-8H2,1-4H3,(H,17,19)(H,20,21). The number of amides is 1. The molecule has 2 N–H and O–H groups in total. The van der Waals surface area contributed by atoms with Crippen LogP contribution in [0.25, 0.3) is 0 Å². The first-order valence-electron chi connectivity index (χ1n) is 7.00. The molecule has 0 bridgehead atoms. The van der Waals surface area contributed by atoms with Gasteiger partial charge in [0, 0.05) is 19.3 Å². The first kappa shape index (κ1) is 17.6. The Morgan fingerprint density at radius 2 is 2.05 bits per heavy atom. The molecule has 0 aliphatic rings. The Labute approximate surface area is 130 Å². The zero-order valence-electron chi connectivity index (χ0n) is 12.9. The maximum Gasteiger partial charge on any atom is 0.308 e. The third-order valence-electron chi connectivity index (χ3n) is 3.15. The summed E-state index contributed by atoms with van der Waals surface area (Å²) in [4.78, 5) is 23.4. The molecule has 0 fully saturated rings. The van der Waals surface area contributed by atoms with Crippen molar-refractivity contribution in [3.8, 4) is 0 Å². The summed E-state index contributed by atoms with van der Waals surface area (Å²) in [6.45, 7) is 8.58. The van der Waals surface area contributed by atoms with Crippen LogP contribution in [0.4, 0.5) is 0 Å². The van der Waals surface area contributed by atoms with E-state index >= 15 is 0 Å². The second kappa shape index (κ2) is 6.98. The monoisotopic (exact) mass is 314 g/mol. The number of carboxylic acids is 1. The van der Waals surface area contributed by atoms with Crippen LogP contribution in [-0.2, 0) is 11.3 Å². The van der Waals surface area contributed by atoms with Crippen LogP contribution in [0, 0.1) is 11.3 Å². The largest absolute Gasteiger partial charge is 0.481 e. The lowest BCUT2D eigenvalue weighted by atomic mass is 9.84. The van der Waals surface area contributed by atoms with Gasteiger partial charge in [-0.05, 0) is 24.8 Å². The van der Waals surface area contributed by atoms with Gasteiger partial charge in [0.1, 0.15) is 5.69 Å². The summed E-state index contributed by atoms with van der Waals surface area (Å²) in [5.74, 6) is -1.80. The van der Waals surface area contributed by atoms with Crippen LogP contribution >= 0.6 is 11.6 Å². The van der Waals surface area contributed by atoms with Crippen LogP contribution < -0.4 is 5.32 Å². The highest BCUT2D eigenvalue weighted by atomic mass is 35.5. The zero-order chi connectivity index (χ0) is 16.2. The van der Waals surface area contributed by atoms with Gasteiger partial charge in [-0.25, -0.2) is 0 Å². The Balaban J connectivity index is 2.71. The van der Waals surface area contributed by atoms with E-state index in [1.54, 1.807) is 16.8 Å². The lowest BCUT2D eigenvalue weighted by Crippen LogP contribution is -2.35. The van der Waals surface area contributed by atoms with Gasteiger partial charge in [0.2, 0.25) is 0 Å². The van der Waals surface area contributed by atoms with E-state index in [1.165, 1.54) is 0 Å². The maximum atomic E-state index is 12.1. The van der Waals surface area contributed by atoms with E-state index in [0.29, 0.717) is 23.7 Å². The van der Waals surface area contributed by atoms with Crippen LogP contribution in [0.1, 0.15) is 44.6 Å². The SMILES string of the molecule is CCn1cc(Cl)cc1C(=O)NCC(CC(C)(C)C)C(=O)O. The van der Waals surface area contributed by atoms with Gasteiger partial charge in [0.15, 0.2) is 0 Å². The molecule has 0 radical (unpaired) electrons. The van der Waals surface area contributed by atoms with Gasteiger partial charge in [-0.15, -0.1) is 0 Å². The number of aromatic nitrogens is 1. The van der Waals surface area contributed by atoms with Gasteiger partial charge in [-0.3, -0.25) is 9.59 Å². The van der Waals surface area contributed by atoms with E-state index in [9.17, 15) is 14.7 Å². The number of carbonyl (C=O) groups is 2. The van der Waals surface area contributed by atoms with Crippen molar-refractivity contribution in [1.29, 1.82) is 0 Å². The van der Waals surface area contributed by atoms with Crippen molar-refractivity contribution in [1.82, 2.24) is 9.88 Å². The smallest absolute Gasteiger partial charge is 0.308 e. The molecule has 0 aliphatic carbocycles. The highest BCUT2D eigenvalue weighted by Crippen LogP contribution is 2.24. The molecule has 0 saturated heterocycles. The van der Waals surface area contributed by atoms with Crippen LogP contribution in [0.2, 0.25) is 5.02 Å². The normalized spacial score (nSPS) is 13.0. The van der Waals surface area contributed by atoms with Crippen LogP contribution in [0.15, 0.2) is 12.3 Å². The van der Waals surface area contributed by atoms with E-state index < -0.39 is 11.9 Å². The fourth-order valence-corrected chi connectivity index (χ4v) is 2.44. The van der Waals surface area contributed by atoms with Gasteiger partial charge in [0.25, 0.3) is 5.91 Å². The molecule has 1 amide bonds. The second-order valence-electron chi connectivity index (χ2n) is 6.34. The van der Waals surface area contributed by atoms with Crippen LogP contribution in [-0.4, -0.2) is 28.1 Å². The summed E-state index contributed by atoms with van der Waals surface area (Å²) in [6.07, 6.45) is 2.18. The van der Waals surface area contributed by atoms with Gasteiger partial charge < -0.3 is 15.0 Å². The molecule has 1 aromatic heterocycles. The molecule has 1 aromatic rings. The van der Waals surface area contributed by atoms with Gasteiger partial charge in [-0.2, -0.15) is 0 Å². The van der Waals surface area contributed by atoms with Crippen LogP contribution in [0.5, 0.6) is 0 Å². The number of nitrogens with one attached hydrogen (secondary N) is 1. The van der Waals surface area contributed by atoms with Gasteiger partial charge >= 0.3 is 5.97 Å². The average Bonchev–Trinajstić information content (AvgIpc) is 2.73. The molecule has 0 saturated carbocycles. The molecule has 5 nitrogen and oxygen atoms in total. The minimum absolute atomic E-state index is 0.109. The summed E-state index contributed by atoms with van der Waals surface area (Å²) in [5.41, 5.74) is 0.336. The topological polar surface area (TPSA) is 71.3 Å². The van der Waals surface area contributed by atoms with Gasteiger partial charge in [-0.1, -0.05) is 32.4 Å². The minimum atomic E-state index is -0.894. The average molecular weight is 315 g/mol. The van der Waals surface area contributed by atoms with E-state index in [4.69, 9.17) is 11.6 Å². The molecule has 1 heterocycles. The summed E-state index contributed by atoms with van der Waals surface area (Å²) in [5, 5.41) is 12.4. The van der Waals surface area contributed by atoms with E-state index in [0.717, 1.165) is 0 Å². The fraction of sp³-hybridized carbons (Fsp3) is 0.600. The first-order valence-corrected chi connectivity index (χ1v) is 7.38. The molecule has 1 rings (SSSR count). The summed E-state index contributed by atoms with van der Waals surface area (Å²) >= 11 is 5.89. The zero-order valence-corrected chi connectivity index (χ0v) is 13.7. The molecule has 0 aromatic carbocycles. The molecule has 1 atom stereocenters. The lowest BCUT2D eigenvalue weighted by Gasteiger charge is -2.23. The predicted octanol–water partition coefficient (Wildman–Crippen LogP) is 3.03. The molecular formula is C15H23ClN2O3. The molecule has 21 heavy (non-hydrogen) atoms. The minimum Gasteiger partial charge on any atom is -0.481 e. The highest BCUT2D eigenvalue weighted by Gasteiger charge is 2.25. The Hall–Kier alpha value is -1.49. The van der Waals surface area contributed by atoms with Gasteiger partial charge in [0.05, 0.1) is 10.9 Å². The second-order valence-corrected chi connectivity index (χ2v) is 6.78. The summed E-state index contributed by atoms with van der Waals surface area (Å²) < 4.78 is 1.73. The number of rotatable bonds is 6. The van der Waals surface area contributed by atoms with E-state index in [-0.39, 0.29) is 17.9 Å². The lowest BCUT2D eigenvalue weighted by molar-refractivity contribution is -0.142. The molecule has 0 aliphatic heterocycles. The Bertz CT molecular complexity index is 517. The van der Waals surface area contributed by atoms with Crippen LogP contribution in [0.3, 0.4) is 0 Å². The summed E-state index contributed by atoms with van der Waals surface area (Å²) in [6, 6.07) is 1.58. The van der Waals surface area contributed by atoms with Crippen molar-refractivity contribution in [3.63, 3.8) is 0 Å². The van der Waals surface area contributed by atoms with E-state index in [1.807, 2.05) is 27.7 Å². The number of carboxylic acid groups (broad SMARTS) is 1. The number of aliphatic carboxylic acids is 1. The van der Waals surface area contributed by atoms with Crippen molar-refractivity contribution in [2.24, 2.45) is 11.3 Å². The molecule has 118 valence electrons. The number of hydrogen-bond acceptors (Lipinski definition) is 2. The molecule has 1 unspecified atom stereocenters. The van der Waals surface area contributed by atoms with Crippen molar-refractivity contribution in [2.45, 2.75) is 40.7 Å². The number of carbonyl (C=O) groups excluding carboxylic acids is 1. The number of aryl methyl sites for hydroxylation is 1. The van der Waals surface area contributed by atoms with Crippen molar-refractivity contribution >= 4 is 23.5 Å². The summed E-state index contributed by atoms with van der Waals surface area (Å²) in [7, 11) is 0. The predicted molar refractivity (Wildman–Crippen MR) is 82.6 cm³/mol. The van der Waals surface area contributed by atoms with Crippen molar-refractivity contribution < 1.29 is 14.7 Å². The fourth-order valence-electron chi connectivity index (χ4n) is 2.22. The quantitative estimate of drug-likeness (QED) is 0.847. The maximum absolute atomic E-state index is 12.1. The molecule has 0 spiro atoms. The van der Waals surface area contributed by atoms with E-state index in [2.05, 4.69) is 5.32 Å². The molecule has 6 heteroatoms. The molecular weight excluding hydrogens is 292 g/mol. The number of hydrogen-bond donors (Lipinski definition) is 2. The number of halogens is 1. The Morgan fingerprint density at radius 1 is 1.43 bits per heavy atom. The third kappa shape index (κ3) is 5.42. The Kier molecular flexibility index (Phi) is 5.84. The Morgan fingerprint density at radius 3 is 2.52 bits per heavy atom.